The summed E-state index contributed by atoms with van der Waals surface area (Å²) in [6.07, 6.45) is 0. The van der Waals surface area contributed by atoms with Gasteiger partial charge in [0, 0.05) is 15.1 Å². The van der Waals surface area contributed by atoms with E-state index in [0.29, 0.717) is 10.0 Å². The fraction of sp³-hybridized carbons (Fsp3) is 0.0769. The Balaban J connectivity index is 2.08. The number of halogens is 3. The molecule has 0 fully saturated rings. The van der Waals surface area contributed by atoms with Gasteiger partial charge in [-0.1, -0.05) is 57.3 Å². The molecule has 4 heteroatoms. The molecule has 0 bridgehead atoms. The van der Waals surface area contributed by atoms with Gasteiger partial charge in [-0.25, -0.2) is 0 Å². The predicted octanol–water partition coefficient (Wildman–Crippen LogP) is 6.05. The lowest BCUT2D eigenvalue weighted by Gasteiger charge is -2.05. The van der Waals surface area contributed by atoms with Crippen LogP contribution in [-0.2, 0) is 5.75 Å². The molecule has 0 unspecified atom stereocenters. The average Bonchev–Trinajstić information content (AvgIpc) is 2.32. The lowest BCUT2D eigenvalue weighted by Crippen LogP contribution is -1.82. The van der Waals surface area contributed by atoms with Crippen molar-refractivity contribution < 1.29 is 0 Å². The number of thioether (sulfide) groups is 1. The molecule has 0 aliphatic heterocycles. The van der Waals surface area contributed by atoms with Crippen molar-refractivity contribution in [1.82, 2.24) is 0 Å². The smallest absolute Gasteiger partial charge is 0.0603 e. The molecule has 0 nitrogen and oxygen atoms in total. The summed E-state index contributed by atoms with van der Waals surface area (Å²) in [4.78, 5) is 1.12. The van der Waals surface area contributed by atoms with E-state index in [9.17, 15) is 0 Å². The zero-order valence-corrected chi connectivity index (χ0v) is 12.7. The van der Waals surface area contributed by atoms with Gasteiger partial charge >= 0.3 is 0 Å². The van der Waals surface area contributed by atoms with Gasteiger partial charge in [-0.2, -0.15) is 0 Å². The lowest BCUT2D eigenvalue weighted by atomic mass is 10.2. The van der Waals surface area contributed by atoms with Crippen LogP contribution >= 0.6 is 50.9 Å². The summed E-state index contributed by atoms with van der Waals surface area (Å²) < 4.78 is 1.13. The van der Waals surface area contributed by atoms with Gasteiger partial charge < -0.3 is 0 Å². The Hall–Kier alpha value is -0.150. The van der Waals surface area contributed by atoms with Crippen LogP contribution in [0.4, 0.5) is 0 Å². The summed E-state index contributed by atoms with van der Waals surface area (Å²) in [6.45, 7) is 0. The maximum absolute atomic E-state index is 5.97. The fourth-order valence-electron chi connectivity index (χ4n) is 1.34. The maximum atomic E-state index is 5.97. The summed E-state index contributed by atoms with van der Waals surface area (Å²) in [7, 11) is 0. The van der Waals surface area contributed by atoms with Gasteiger partial charge in [-0.15, -0.1) is 11.8 Å². The molecule has 0 aromatic heterocycles. The number of benzene rings is 2. The van der Waals surface area contributed by atoms with Gasteiger partial charge in [0.2, 0.25) is 0 Å². The summed E-state index contributed by atoms with van der Waals surface area (Å²) in [5.41, 5.74) is 1.27. The first kappa shape index (κ1) is 13.3. The maximum Gasteiger partial charge on any atom is 0.0603 e. The molecular formula is C13H9BrCl2S. The van der Waals surface area contributed by atoms with E-state index >= 15 is 0 Å². The summed E-state index contributed by atoms with van der Waals surface area (Å²) in [5, 5.41) is 1.20. The van der Waals surface area contributed by atoms with Crippen molar-refractivity contribution in [2.75, 3.05) is 0 Å². The summed E-state index contributed by atoms with van der Waals surface area (Å²) in [5.74, 6) is 0.902. The molecule has 0 amide bonds. The molecule has 0 radical (unpaired) electrons. The average molecular weight is 348 g/mol. The Bertz CT molecular complexity index is 529. The molecule has 0 saturated carbocycles. The second kappa shape index (κ2) is 6.14. The zero-order valence-electron chi connectivity index (χ0n) is 8.79. The van der Waals surface area contributed by atoms with Crippen LogP contribution < -0.4 is 0 Å². The molecule has 0 N–H and O–H groups in total. The second-order valence-corrected chi connectivity index (χ2v) is 6.17. The molecule has 17 heavy (non-hydrogen) atoms. The van der Waals surface area contributed by atoms with Crippen LogP contribution in [0, 0.1) is 0 Å². The minimum atomic E-state index is 0.594. The van der Waals surface area contributed by atoms with Crippen molar-refractivity contribution in [3.8, 4) is 0 Å². The highest BCUT2D eigenvalue weighted by atomic mass is 79.9. The molecule has 0 aliphatic rings. The standard InChI is InChI=1S/C13H9BrCl2S/c14-11-4-2-1-3-9(11)8-17-10-5-6-12(15)13(16)7-10/h1-7H,8H2. The van der Waals surface area contributed by atoms with Gasteiger partial charge in [0.25, 0.3) is 0 Å². The van der Waals surface area contributed by atoms with Crippen LogP contribution in [-0.4, -0.2) is 0 Å². The van der Waals surface area contributed by atoms with E-state index < -0.39 is 0 Å². The third kappa shape index (κ3) is 3.65. The molecule has 0 spiro atoms. The van der Waals surface area contributed by atoms with Gasteiger partial charge in [0.05, 0.1) is 10.0 Å². The minimum absolute atomic E-state index is 0.594. The topological polar surface area (TPSA) is 0 Å². The predicted molar refractivity (Wildman–Crippen MR) is 80.2 cm³/mol. The molecule has 88 valence electrons. The van der Waals surface area contributed by atoms with E-state index in [-0.39, 0.29) is 0 Å². The Morgan fingerprint density at radius 3 is 2.47 bits per heavy atom. The normalized spacial score (nSPS) is 10.5. The first-order valence-corrected chi connectivity index (χ1v) is 7.51. The van der Waals surface area contributed by atoms with Crippen LogP contribution in [0.5, 0.6) is 0 Å². The summed E-state index contributed by atoms with van der Waals surface area (Å²) >= 11 is 17.1. The molecular weight excluding hydrogens is 339 g/mol. The SMILES string of the molecule is Clc1ccc(SCc2ccccc2Br)cc1Cl. The number of hydrogen-bond acceptors (Lipinski definition) is 1. The fourth-order valence-corrected chi connectivity index (χ4v) is 3.26. The second-order valence-electron chi connectivity index (χ2n) is 3.46. The largest absolute Gasteiger partial charge is 0.121 e. The van der Waals surface area contributed by atoms with Crippen molar-refractivity contribution in [1.29, 1.82) is 0 Å². The number of hydrogen-bond donors (Lipinski definition) is 0. The van der Waals surface area contributed by atoms with Crippen molar-refractivity contribution >= 4 is 50.9 Å². The Kier molecular flexibility index (Phi) is 4.80. The molecule has 0 atom stereocenters. The first-order valence-electron chi connectivity index (χ1n) is 4.98. The Labute approximate surface area is 123 Å². The Morgan fingerprint density at radius 2 is 1.76 bits per heavy atom. The molecule has 2 aromatic carbocycles. The van der Waals surface area contributed by atoms with Gasteiger partial charge in [-0.3, -0.25) is 0 Å². The van der Waals surface area contributed by atoms with Crippen LogP contribution in [0.25, 0.3) is 0 Å². The molecule has 2 rings (SSSR count). The summed E-state index contributed by atoms with van der Waals surface area (Å²) in [6, 6.07) is 13.9. The monoisotopic (exact) mass is 346 g/mol. The van der Waals surface area contributed by atoms with E-state index in [1.807, 2.05) is 36.4 Å². The van der Waals surface area contributed by atoms with Gasteiger partial charge in [-0.05, 0) is 29.8 Å². The van der Waals surface area contributed by atoms with Crippen molar-refractivity contribution in [3.05, 3.63) is 62.5 Å². The highest BCUT2D eigenvalue weighted by molar-refractivity contribution is 9.10. The van der Waals surface area contributed by atoms with Crippen LogP contribution in [0.3, 0.4) is 0 Å². The van der Waals surface area contributed by atoms with E-state index in [1.165, 1.54) is 5.56 Å². The molecule has 0 heterocycles. The van der Waals surface area contributed by atoms with Crippen LogP contribution in [0.1, 0.15) is 5.56 Å². The lowest BCUT2D eigenvalue weighted by molar-refractivity contribution is 1.36. The van der Waals surface area contributed by atoms with Crippen molar-refractivity contribution in [2.24, 2.45) is 0 Å². The Morgan fingerprint density at radius 1 is 1.00 bits per heavy atom. The van der Waals surface area contributed by atoms with Crippen molar-refractivity contribution in [3.63, 3.8) is 0 Å². The molecule has 0 saturated heterocycles. The quantitative estimate of drug-likeness (QED) is 0.609. The highest BCUT2D eigenvalue weighted by Crippen LogP contribution is 2.31. The van der Waals surface area contributed by atoms with E-state index in [0.717, 1.165) is 15.1 Å². The minimum Gasteiger partial charge on any atom is -0.121 e. The van der Waals surface area contributed by atoms with Crippen molar-refractivity contribution in [2.45, 2.75) is 10.6 Å². The third-order valence-electron chi connectivity index (χ3n) is 2.24. The van der Waals surface area contributed by atoms with Crippen LogP contribution in [0.15, 0.2) is 51.8 Å². The number of rotatable bonds is 3. The molecule has 2 aromatic rings. The van der Waals surface area contributed by atoms with E-state index in [1.54, 1.807) is 11.8 Å². The van der Waals surface area contributed by atoms with E-state index in [4.69, 9.17) is 23.2 Å². The highest BCUT2D eigenvalue weighted by Gasteiger charge is 2.02. The molecule has 0 aliphatic carbocycles. The van der Waals surface area contributed by atoms with Gasteiger partial charge in [0.1, 0.15) is 0 Å². The third-order valence-corrected chi connectivity index (χ3v) is 4.80. The zero-order chi connectivity index (χ0) is 12.3. The first-order chi connectivity index (χ1) is 8.16. The van der Waals surface area contributed by atoms with Crippen LogP contribution in [0.2, 0.25) is 10.0 Å². The van der Waals surface area contributed by atoms with E-state index in [2.05, 4.69) is 22.0 Å². The van der Waals surface area contributed by atoms with Gasteiger partial charge in [0.15, 0.2) is 0 Å².